The number of fused-ring (bicyclic) bond motifs is 1. The van der Waals surface area contributed by atoms with Gasteiger partial charge in [-0.3, -0.25) is 4.79 Å². The van der Waals surface area contributed by atoms with Crippen molar-refractivity contribution in [3.8, 4) is 0 Å². The summed E-state index contributed by atoms with van der Waals surface area (Å²) in [5.74, 6) is 0.312. The zero-order valence-electron chi connectivity index (χ0n) is 11.8. The van der Waals surface area contributed by atoms with Crippen molar-refractivity contribution in [3.63, 3.8) is 0 Å². The van der Waals surface area contributed by atoms with Crippen LogP contribution < -0.4 is 5.32 Å². The van der Waals surface area contributed by atoms with Crippen LogP contribution in [0.25, 0.3) is 0 Å². The van der Waals surface area contributed by atoms with Crippen LogP contribution in [0.5, 0.6) is 0 Å². The zero-order chi connectivity index (χ0) is 14.8. The van der Waals surface area contributed by atoms with Gasteiger partial charge in [-0.15, -0.1) is 11.3 Å². The first-order chi connectivity index (χ1) is 9.37. The van der Waals surface area contributed by atoms with Crippen LogP contribution in [0.15, 0.2) is 0 Å². The number of nitrogens with one attached hydrogen (secondary N) is 1. The molecular formula is C13H20N2O3S2. The number of carbonyl (C=O) groups is 1. The molecular weight excluding hydrogens is 296 g/mol. The first-order valence-corrected chi connectivity index (χ1v) is 9.71. The van der Waals surface area contributed by atoms with Gasteiger partial charge in [-0.2, -0.15) is 0 Å². The number of aryl methyl sites for hydroxylation is 1. The molecule has 2 rings (SSSR count). The van der Waals surface area contributed by atoms with Crippen LogP contribution in [0.1, 0.15) is 36.8 Å². The normalized spacial score (nSPS) is 18.6. The molecule has 0 saturated heterocycles. The summed E-state index contributed by atoms with van der Waals surface area (Å²) >= 11 is 1.52. The molecule has 0 saturated carbocycles. The summed E-state index contributed by atoms with van der Waals surface area (Å²) in [6, 6.07) is 0. The van der Waals surface area contributed by atoms with Crippen LogP contribution in [-0.2, 0) is 27.5 Å². The lowest BCUT2D eigenvalue weighted by atomic mass is 9.89. The molecule has 1 aromatic rings. The third-order valence-corrected chi connectivity index (χ3v) is 5.55. The third-order valence-electron chi connectivity index (χ3n) is 3.57. The summed E-state index contributed by atoms with van der Waals surface area (Å²) in [5, 5.41) is 3.31. The largest absolute Gasteiger partial charge is 0.302 e. The molecule has 1 aliphatic carbocycles. The highest BCUT2D eigenvalue weighted by molar-refractivity contribution is 7.90. The van der Waals surface area contributed by atoms with E-state index in [1.54, 1.807) is 0 Å². The highest BCUT2D eigenvalue weighted by Gasteiger charge is 2.22. The minimum absolute atomic E-state index is 0.0132. The molecule has 0 aliphatic heterocycles. The highest BCUT2D eigenvalue weighted by Crippen LogP contribution is 2.33. The van der Waals surface area contributed by atoms with E-state index in [1.165, 1.54) is 22.6 Å². The average molecular weight is 316 g/mol. The zero-order valence-corrected chi connectivity index (χ0v) is 13.4. The van der Waals surface area contributed by atoms with Gasteiger partial charge in [0.25, 0.3) is 0 Å². The Hall–Kier alpha value is -0.950. The van der Waals surface area contributed by atoms with E-state index in [1.807, 2.05) is 0 Å². The van der Waals surface area contributed by atoms with Gasteiger partial charge < -0.3 is 5.32 Å². The van der Waals surface area contributed by atoms with Gasteiger partial charge in [0.05, 0.1) is 11.4 Å². The predicted octanol–water partition coefficient (Wildman–Crippen LogP) is 2.03. The van der Waals surface area contributed by atoms with Gasteiger partial charge in [0.2, 0.25) is 5.91 Å². The standard InChI is InChI=1S/C13H20N2O3S2/c1-3-9-4-5-10-11(8-9)19-13(14-10)15-12(16)6-7-20(2,17)18/h9H,3-8H2,1-2H3,(H,14,15,16). The second-order valence-electron chi connectivity index (χ2n) is 5.33. The van der Waals surface area contributed by atoms with Crippen molar-refractivity contribution in [2.24, 2.45) is 5.92 Å². The monoisotopic (exact) mass is 316 g/mol. The number of hydrogen-bond acceptors (Lipinski definition) is 5. The lowest BCUT2D eigenvalue weighted by Gasteiger charge is -2.18. The van der Waals surface area contributed by atoms with Gasteiger partial charge in [0, 0.05) is 17.6 Å². The molecule has 1 amide bonds. The van der Waals surface area contributed by atoms with Crippen molar-refractivity contribution in [2.45, 2.75) is 39.0 Å². The van der Waals surface area contributed by atoms with E-state index in [-0.39, 0.29) is 18.1 Å². The molecule has 1 N–H and O–H groups in total. The lowest BCUT2D eigenvalue weighted by molar-refractivity contribution is -0.115. The molecule has 1 atom stereocenters. The van der Waals surface area contributed by atoms with Crippen LogP contribution in [0.2, 0.25) is 0 Å². The van der Waals surface area contributed by atoms with E-state index in [0.29, 0.717) is 5.13 Å². The van der Waals surface area contributed by atoms with Gasteiger partial charge in [-0.05, 0) is 25.2 Å². The SMILES string of the molecule is CCC1CCc2nc(NC(=O)CCS(C)(=O)=O)sc2C1. The van der Waals surface area contributed by atoms with E-state index < -0.39 is 9.84 Å². The molecule has 7 heteroatoms. The van der Waals surface area contributed by atoms with Crippen LogP contribution >= 0.6 is 11.3 Å². The molecule has 0 radical (unpaired) electrons. The average Bonchev–Trinajstić information content (AvgIpc) is 2.76. The molecule has 1 heterocycles. The number of thiazole rings is 1. The maximum Gasteiger partial charge on any atom is 0.227 e. The number of anilines is 1. The van der Waals surface area contributed by atoms with Crippen molar-refractivity contribution in [3.05, 3.63) is 10.6 Å². The molecule has 20 heavy (non-hydrogen) atoms. The van der Waals surface area contributed by atoms with Gasteiger partial charge >= 0.3 is 0 Å². The number of nitrogens with zero attached hydrogens (tertiary/aromatic N) is 1. The Balaban J connectivity index is 1.94. The summed E-state index contributed by atoms with van der Waals surface area (Å²) in [6.45, 7) is 2.20. The Morgan fingerprint density at radius 2 is 2.25 bits per heavy atom. The molecule has 0 spiro atoms. The Morgan fingerprint density at radius 3 is 2.90 bits per heavy atom. The molecule has 0 fully saturated rings. The molecule has 1 unspecified atom stereocenters. The van der Waals surface area contributed by atoms with Crippen molar-refractivity contribution >= 4 is 32.2 Å². The minimum atomic E-state index is -3.10. The Kier molecular flexibility index (Phi) is 4.80. The first kappa shape index (κ1) is 15.4. The molecule has 1 aromatic heterocycles. The second-order valence-corrected chi connectivity index (χ2v) is 8.68. The summed E-state index contributed by atoms with van der Waals surface area (Å²) in [4.78, 5) is 17.4. The fraction of sp³-hybridized carbons (Fsp3) is 0.692. The minimum Gasteiger partial charge on any atom is -0.302 e. The topological polar surface area (TPSA) is 76.1 Å². The lowest BCUT2D eigenvalue weighted by Crippen LogP contribution is -2.16. The fourth-order valence-corrected chi connectivity index (χ4v) is 4.00. The Bertz CT molecular complexity index is 593. The highest BCUT2D eigenvalue weighted by atomic mass is 32.2. The number of aromatic nitrogens is 1. The van der Waals surface area contributed by atoms with Gasteiger partial charge in [-0.25, -0.2) is 13.4 Å². The number of amides is 1. The Labute approximate surface area is 123 Å². The summed E-state index contributed by atoms with van der Waals surface area (Å²) in [6.07, 6.45) is 5.47. The maximum absolute atomic E-state index is 11.7. The Morgan fingerprint density at radius 1 is 1.50 bits per heavy atom. The summed E-state index contributed by atoms with van der Waals surface area (Å²) in [7, 11) is -3.10. The van der Waals surface area contributed by atoms with Crippen molar-refractivity contribution in [1.29, 1.82) is 0 Å². The van der Waals surface area contributed by atoms with E-state index in [4.69, 9.17) is 0 Å². The molecule has 0 bridgehead atoms. The predicted molar refractivity (Wildman–Crippen MR) is 80.9 cm³/mol. The summed E-state index contributed by atoms with van der Waals surface area (Å²) in [5.41, 5.74) is 1.10. The van der Waals surface area contributed by atoms with Crippen molar-refractivity contribution in [1.82, 2.24) is 4.98 Å². The van der Waals surface area contributed by atoms with E-state index in [9.17, 15) is 13.2 Å². The third kappa shape index (κ3) is 4.28. The van der Waals surface area contributed by atoms with Gasteiger partial charge in [-0.1, -0.05) is 13.3 Å². The fourth-order valence-electron chi connectivity index (χ4n) is 2.31. The van der Waals surface area contributed by atoms with E-state index >= 15 is 0 Å². The van der Waals surface area contributed by atoms with Crippen LogP contribution in [-0.4, -0.2) is 31.3 Å². The van der Waals surface area contributed by atoms with E-state index in [0.717, 1.165) is 37.1 Å². The summed E-state index contributed by atoms with van der Waals surface area (Å²) < 4.78 is 22.0. The molecule has 0 aromatic carbocycles. The number of hydrogen-bond donors (Lipinski definition) is 1. The number of rotatable bonds is 5. The van der Waals surface area contributed by atoms with Crippen LogP contribution in [0.3, 0.4) is 0 Å². The quantitative estimate of drug-likeness (QED) is 0.902. The van der Waals surface area contributed by atoms with Crippen LogP contribution in [0.4, 0.5) is 5.13 Å². The maximum atomic E-state index is 11.7. The smallest absolute Gasteiger partial charge is 0.227 e. The van der Waals surface area contributed by atoms with Gasteiger partial charge in [0.1, 0.15) is 9.84 Å². The molecule has 5 nitrogen and oxygen atoms in total. The van der Waals surface area contributed by atoms with Crippen molar-refractivity contribution < 1.29 is 13.2 Å². The van der Waals surface area contributed by atoms with E-state index in [2.05, 4.69) is 17.2 Å². The van der Waals surface area contributed by atoms with Crippen LogP contribution in [0, 0.1) is 5.92 Å². The van der Waals surface area contributed by atoms with Crippen molar-refractivity contribution in [2.75, 3.05) is 17.3 Å². The number of sulfone groups is 1. The first-order valence-electron chi connectivity index (χ1n) is 6.83. The molecule has 1 aliphatic rings. The second kappa shape index (κ2) is 6.22. The number of carbonyl (C=O) groups excluding carboxylic acids is 1. The van der Waals surface area contributed by atoms with Gasteiger partial charge in [0.15, 0.2) is 5.13 Å². The molecule has 112 valence electrons.